The lowest BCUT2D eigenvalue weighted by Gasteiger charge is -2.09. The average Bonchev–Trinajstić information content (AvgIpc) is 2.84. The van der Waals surface area contributed by atoms with Crippen LogP contribution in [0.25, 0.3) is 0 Å². The molecule has 1 amide bonds. The third-order valence-electron chi connectivity index (χ3n) is 2.77. The molecule has 0 aliphatic heterocycles. The SMILES string of the molecule is Cc1ccc(C)c(NS(=O)(=O)c2coc(C(N)=O)c2)c1. The van der Waals surface area contributed by atoms with Crippen LogP contribution in [0.2, 0.25) is 0 Å². The number of benzene rings is 1. The number of primary amides is 1. The van der Waals surface area contributed by atoms with E-state index in [2.05, 4.69) is 4.72 Å². The van der Waals surface area contributed by atoms with Gasteiger partial charge in [-0.2, -0.15) is 0 Å². The molecule has 1 heterocycles. The molecule has 0 bridgehead atoms. The molecule has 2 aromatic rings. The number of rotatable bonds is 4. The Morgan fingerprint density at radius 2 is 1.95 bits per heavy atom. The van der Waals surface area contributed by atoms with E-state index >= 15 is 0 Å². The molecule has 106 valence electrons. The molecule has 0 aliphatic carbocycles. The van der Waals surface area contributed by atoms with Gasteiger partial charge in [-0.3, -0.25) is 9.52 Å². The summed E-state index contributed by atoms with van der Waals surface area (Å²) in [5, 5.41) is 0. The second-order valence-corrected chi connectivity index (χ2v) is 6.12. The van der Waals surface area contributed by atoms with Gasteiger partial charge in [0, 0.05) is 6.07 Å². The molecule has 0 fully saturated rings. The van der Waals surface area contributed by atoms with Crippen molar-refractivity contribution in [3.05, 3.63) is 47.4 Å². The standard InChI is InChI=1S/C13H14N2O4S/c1-8-3-4-9(2)11(5-8)15-20(17,18)10-6-12(13(14)16)19-7-10/h3-7,15H,1-2H3,(H2,14,16). The zero-order chi connectivity index (χ0) is 14.9. The highest BCUT2D eigenvalue weighted by molar-refractivity contribution is 7.92. The first kappa shape index (κ1) is 14.1. The first-order chi connectivity index (χ1) is 9.29. The van der Waals surface area contributed by atoms with Crippen LogP contribution in [0.5, 0.6) is 0 Å². The van der Waals surface area contributed by atoms with Crippen LogP contribution in [0.4, 0.5) is 5.69 Å². The molecule has 7 heteroatoms. The number of carbonyl (C=O) groups is 1. The molecular weight excluding hydrogens is 280 g/mol. The first-order valence-corrected chi connectivity index (χ1v) is 7.26. The van der Waals surface area contributed by atoms with E-state index in [1.165, 1.54) is 0 Å². The van der Waals surface area contributed by atoms with Crippen molar-refractivity contribution in [3.63, 3.8) is 0 Å². The molecule has 20 heavy (non-hydrogen) atoms. The Morgan fingerprint density at radius 3 is 2.55 bits per heavy atom. The molecule has 0 atom stereocenters. The van der Waals surface area contributed by atoms with E-state index < -0.39 is 15.9 Å². The van der Waals surface area contributed by atoms with E-state index in [1.54, 1.807) is 13.0 Å². The maximum absolute atomic E-state index is 12.2. The topological polar surface area (TPSA) is 102 Å². The number of hydrogen-bond acceptors (Lipinski definition) is 4. The van der Waals surface area contributed by atoms with E-state index in [9.17, 15) is 13.2 Å². The lowest BCUT2D eigenvalue weighted by molar-refractivity contribution is 0.0974. The van der Waals surface area contributed by atoms with Gasteiger partial charge in [0.2, 0.25) is 0 Å². The summed E-state index contributed by atoms with van der Waals surface area (Å²) in [6, 6.07) is 6.52. The van der Waals surface area contributed by atoms with Crippen LogP contribution in [0.1, 0.15) is 21.7 Å². The molecule has 3 N–H and O–H groups in total. The number of carbonyl (C=O) groups excluding carboxylic acids is 1. The summed E-state index contributed by atoms with van der Waals surface area (Å²) in [4.78, 5) is 10.8. The predicted molar refractivity (Wildman–Crippen MR) is 74.0 cm³/mol. The minimum Gasteiger partial charge on any atom is -0.458 e. The van der Waals surface area contributed by atoms with E-state index in [-0.39, 0.29) is 10.7 Å². The van der Waals surface area contributed by atoms with Crippen LogP contribution in [-0.4, -0.2) is 14.3 Å². The second kappa shape index (κ2) is 5.01. The highest BCUT2D eigenvalue weighted by Gasteiger charge is 2.20. The summed E-state index contributed by atoms with van der Waals surface area (Å²) in [5.41, 5.74) is 7.22. The van der Waals surface area contributed by atoms with Gasteiger partial charge in [-0.1, -0.05) is 12.1 Å². The zero-order valence-corrected chi connectivity index (χ0v) is 11.8. The van der Waals surface area contributed by atoms with Crippen molar-refractivity contribution >= 4 is 21.6 Å². The number of aryl methyl sites for hydroxylation is 2. The van der Waals surface area contributed by atoms with Gasteiger partial charge in [0.15, 0.2) is 5.76 Å². The molecule has 0 radical (unpaired) electrons. The summed E-state index contributed by atoms with van der Waals surface area (Å²) in [7, 11) is -3.82. The lowest BCUT2D eigenvalue weighted by atomic mass is 10.1. The van der Waals surface area contributed by atoms with Crippen LogP contribution >= 0.6 is 0 Å². The maximum atomic E-state index is 12.2. The third-order valence-corrected chi connectivity index (χ3v) is 4.09. The Morgan fingerprint density at radius 1 is 1.25 bits per heavy atom. The summed E-state index contributed by atoms with van der Waals surface area (Å²) in [6.07, 6.45) is 0.980. The molecule has 0 saturated heterocycles. The Balaban J connectivity index is 2.35. The molecule has 6 nitrogen and oxygen atoms in total. The largest absolute Gasteiger partial charge is 0.458 e. The number of nitrogens with one attached hydrogen (secondary N) is 1. The second-order valence-electron chi connectivity index (χ2n) is 4.43. The summed E-state index contributed by atoms with van der Waals surface area (Å²) < 4.78 is 31.6. The van der Waals surface area contributed by atoms with Gasteiger partial charge in [-0.05, 0) is 31.0 Å². The van der Waals surface area contributed by atoms with Crippen molar-refractivity contribution in [2.45, 2.75) is 18.7 Å². The van der Waals surface area contributed by atoms with Gasteiger partial charge < -0.3 is 10.2 Å². The van der Waals surface area contributed by atoms with Gasteiger partial charge in [0.1, 0.15) is 11.2 Å². The average molecular weight is 294 g/mol. The van der Waals surface area contributed by atoms with Crippen molar-refractivity contribution < 1.29 is 17.6 Å². The molecule has 0 unspecified atom stereocenters. The van der Waals surface area contributed by atoms with Crippen molar-refractivity contribution in [2.75, 3.05) is 4.72 Å². The van der Waals surface area contributed by atoms with Crippen LogP contribution in [-0.2, 0) is 10.0 Å². The number of anilines is 1. The van der Waals surface area contributed by atoms with Crippen LogP contribution in [0, 0.1) is 13.8 Å². The van der Waals surface area contributed by atoms with E-state index in [0.717, 1.165) is 23.5 Å². The summed E-state index contributed by atoms with van der Waals surface area (Å²) in [6.45, 7) is 3.65. The quantitative estimate of drug-likeness (QED) is 0.897. The Labute approximate surface area is 116 Å². The fourth-order valence-corrected chi connectivity index (χ4v) is 2.70. The minimum atomic E-state index is -3.82. The van der Waals surface area contributed by atoms with Crippen molar-refractivity contribution in [2.24, 2.45) is 5.73 Å². The number of nitrogens with two attached hydrogens (primary N) is 1. The molecule has 0 saturated carbocycles. The number of hydrogen-bond donors (Lipinski definition) is 2. The Bertz CT molecular complexity index is 762. The first-order valence-electron chi connectivity index (χ1n) is 5.78. The smallest absolute Gasteiger partial charge is 0.284 e. The maximum Gasteiger partial charge on any atom is 0.284 e. The number of furan rings is 1. The Kier molecular flexibility index (Phi) is 3.54. The third kappa shape index (κ3) is 2.83. The Hall–Kier alpha value is -2.28. The zero-order valence-electron chi connectivity index (χ0n) is 11.0. The fraction of sp³-hybridized carbons (Fsp3) is 0.154. The predicted octanol–water partition coefficient (Wildman–Crippen LogP) is 1.80. The highest BCUT2D eigenvalue weighted by atomic mass is 32.2. The van der Waals surface area contributed by atoms with Crippen LogP contribution in [0.3, 0.4) is 0 Å². The van der Waals surface area contributed by atoms with Gasteiger partial charge in [0.25, 0.3) is 15.9 Å². The van der Waals surface area contributed by atoms with Crippen LogP contribution in [0.15, 0.2) is 39.8 Å². The summed E-state index contributed by atoms with van der Waals surface area (Å²) in [5.74, 6) is -1.02. The van der Waals surface area contributed by atoms with Crippen LogP contribution < -0.4 is 10.5 Å². The molecule has 2 rings (SSSR count). The van der Waals surface area contributed by atoms with Gasteiger partial charge >= 0.3 is 0 Å². The summed E-state index contributed by atoms with van der Waals surface area (Å²) >= 11 is 0. The van der Waals surface area contributed by atoms with E-state index in [0.29, 0.717) is 5.69 Å². The van der Waals surface area contributed by atoms with Crippen molar-refractivity contribution in [1.29, 1.82) is 0 Å². The van der Waals surface area contributed by atoms with Gasteiger partial charge in [-0.25, -0.2) is 8.42 Å². The van der Waals surface area contributed by atoms with E-state index in [4.69, 9.17) is 10.2 Å². The fourth-order valence-electron chi connectivity index (χ4n) is 1.64. The van der Waals surface area contributed by atoms with Gasteiger partial charge in [0.05, 0.1) is 5.69 Å². The number of amides is 1. The van der Waals surface area contributed by atoms with Crippen molar-refractivity contribution in [1.82, 2.24) is 0 Å². The minimum absolute atomic E-state index is 0.146. The molecular formula is C13H14N2O4S. The monoisotopic (exact) mass is 294 g/mol. The molecule has 1 aromatic heterocycles. The molecule has 0 spiro atoms. The normalized spacial score (nSPS) is 11.3. The molecule has 1 aromatic carbocycles. The van der Waals surface area contributed by atoms with Gasteiger partial charge in [-0.15, -0.1) is 0 Å². The lowest BCUT2D eigenvalue weighted by Crippen LogP contribution is -2.13. The van der Waals surface area contributed by atoms with E-state index in [1.807, 2.05) is 19.1 Å². The molecule has 0 aliphatic rings. The highest BCUT2D eigenvalue weighted by Crippen LogP contribution is 2.22. The van der Waals surface area contributed by atoms with Crippen molar-refractivity contribution in [3.8, 4) is 0 Å². The number of sulfonamides is 1.